The van der Waals surface area contributed by atoms with Crippen LogP contribution in [0.4, 0.5) is 0 Å². The van der Waals surface area contributed by atoms with E-state index >= 15 is 0 Å². The van der Waals surface area contributed by atoms with Crippen LogP contribution in [0.1, 0.15) is 329 Å². The Morgan fingerprint density at radius 1 is 0.274 bits per heavy atom. The van der Waals surface area contributed by atoms with Crippen molar-refractivity contribution in [2.45, 2.75) is 335 Å². The maximum absolute atomic E-state index is 12.9. The predicted octanol–water partition coefficient (Wildman–Crippen LogP) is 21.6. The van der Waals surface area contributed by atoms with Crippen LogP contribution in [0.2, 0.25) is 0 Å². The standard InChI is InChI=1S/C67H120O6/c1-4-7-10-13-16-19-22-25-28-31-33-36-39-42-45-48-51-54-57-60-66(69)72-63-64(62-71-65(68)59-56-53-50-47-44-41-38-35-30-27-24-21-18-15-12-9-6-3)73-67(70)61-58-55-52-49-46-43-40-37-34-32-29-26-23-20-17-14-11-8-5-2/h16,18-19,21,25,27-28,30,33,36,64H,4-15,17,20,22-24,26,29,31-32,34-35,37-63H2,1-3H3/b19-16-,21-18-,28-25-,30-27-,36-33-. The van der Waals surface area contributed by atoms with E-state index in [2.05, 4.69) is 81.5 Å². The van der Waals surface area contributed by atoms with Crippen molar-refractivity contribution in [2.24, 2.45) is 0 Å². The van der Waals surface area contributed by atoms with Crippen molar-refractivity contribution in [3.63, 3.8) is 0 Å². The molecular weight excluding hydrogens is 901 g/mol. The van der Waals surface area contributed by atoms with Crippen molar-refractivity contribution in [1.82, 2.24) is 0 Å². The van der Waals surface area contributed by atoms with Gasteiger partial charge in [-0.05, 0) is 89.9 Å². The Kier molecular flexibility index (Phi) is 59.2. The molecule has 0 aliphatic heterocycles. The third-order valence-electron chi connectivity index (χ3n) is 14.0. The fourth-order valence-electron chi connectivity index (χ4n) is 9.19. The molecular formula is C67H120O6. The summed E-state index contributed by atoms with van der Waals surface area (Å²) in [6.45, 7) is 6.62. The minimum atomic E-state index is -0.782. The number of hydrogen-bond donors (Lipinski definition) is 0. The summed E-state index contributed by atoms with van der Waals surface area (Å²) in [5.41, 5.74) is 0. The molecule has 0 heterocycles. The van der Waals surface area contributed by atoms with Crippen molar-refractivity contribution in [2.75, 3.05) is 13.2 Å². The molecule has 424 valence electrons. The highest BCUT2D eigenvalue weighted by Crippen LogP contribution is 2.17. The van der Waals surface area contributed by atoms with Gasteiger partial charge < -0.3 is 14.2 Å². The third kappa shape index (κ3) is 59.9. The van der Waals surface area contributed by atoms with E-state index in [0.29, 0.717) is 19.3 Å². The van der Waals surface area contributed by atoms with Crippen LogP contribution in [-0.4, -0.2) is 37.2 Å². The van der Waals surface area contributed by atoms with Crippen molar-refractivity contribution < 1.29 is 28.6 Å². The topological polar surface area (TPSA) is 78.9 Å². The Hall–Kier alpha value is -2.89. The zero-order valence-electron chi connectivity index (χ0n) is 48.7. The molecule has 0 aromatic rings. The van der Waals surface area contributed by atoms with Gasteiger partial charge in [-0.3, -0.25) is 14.4 Å². The molecule has 1 unspecified atom stereocenters. The van der Waals surface area contributed by atoms with Gasteiger partial charge in [0, 0.05) is 19.3 Å². The second kappa shape index (κ2) is 61.7. The van der Waals surface area contributed by atoms with Gasteiger partial charge in [0.2, 0.25) is 0 Å². The fraction of sp³-hybridized carbons (Fsp3) is 0.806. The highest BCUT2D eigenvalue weighted by molar-refractivity contribution is 5.71. The summed E-state index contributed by atoms with van der Waals surface area (Å²) >= 11 is 0. The van der Waals surface area contributed by atoms with Crippen LogP contribution in [0.3, 0.4) is 0 Å². The molecule has 0 N–H and O–H groups in total. The van der Waals surface area contributed by atoms with Gasteiger partial charge in [-0.15, -0.1) is 0 Å². The molecule has 73 heavy (non-hydrogen) atoms. The number of ether oxygens (including phenoxy) is 3. The summed E-state index contributed by atoms with van der Waals surface area (Å²) in [4.78, 5) is 38.3. The molecule has 1 atom stereocenters. The van der Waals surface area contributed by atoms with Crippen LogP contribution in [0.25, 0.3) is 0 Å². The van der Waals surface area contributed by atoms with Crippen LogP contribution in [-0.2, 0) is 28.6 Å². The molecule has 0 aromatic carbocycles. The van der Waals surface area contributed by atoms with Crippen molar-refractivity contribution in [3.8, 4) is 0 Å². The molecule has 6 heteroatoms. The molecule has 6 nitrogen and oxygen atoms in total. The molecule has 0 saturated heterocycles. The zero-order valence-corrected chi connectivity index (χ0v) is 48.7. The van der Waals surface area contributed by atoms with E-state index in [1.54, 1.807) is 0 Å². The summed E-state index contributed by atoms with van der Waals surface area (Å²) in [6.07, 6.45) is 77.8. The molecule has 0 radical (unpaired) electrons. The van der Waals surface area contributed by atoms with Gasteiger partial charge in [0.25, 0.3) is 0 Å². The average Bonchev–Trinajstić information content (AvgIpc) is 3.39. The second-order valence-electron chi connectivity index (χ2n) is 21.3. The first kappa shape index (κ1) is 70.1. The van der Waals surface area contributed by atoms with E-state index in [9.17, 15) is 14.4 Å². The SMILES string of the molecule is CCCCC/C=C\C/C=C\C/C=C\CCCCCCCCC(=O)OCC(COC(=O)CCCCCCCCC/C=C\C/C=C\CCCCC)OC(=O)CCCCCCCCCCCCCCCCCCCCC. The summed E-state index contributed by atoms with van der Waals surface area (Å²) in [6, 6.07) is 0. The monoisotopic (exact) mass is 1020 g/mol. The third-order valence-corrected chi connectivity index (χ3v) is 14.0. The minimum Gasteiger partial charge on any atom is -0.462 e. The lowest BCUT2D eigenvalue weighted by Crippen LogP contribution is -2.30. The molecule has 0 aromatic heterocycles. The van der Waals surface area contributed by atoms with Crippen LogP contribution in [0.15, 0.2) is 60.8 Å². The lowest BCUT2D eigenvalue weighted by Gasteiger charge is -2.18. The number of unbranched alkanes of at least 4 members (excludes halogenated alkanes) is 37. The van der Waals surface area contributed by atoms with Crippen molar-refractivity contribution in [3.05, 3.63) is 60.8 Å². The first-order valence-corrected chi connectivity index (χ1v) is 31.8. The van der Waals surface area contributed by atoms with E-state index in [-0.39, 0.29) is 31.1 Å². The maximum Gasteiger partial charge on any atom is 0.306 e. The number of carbonyl (C=O) groups excluding carboxylic acids is 3. The maximum atomic E-state index is 12.9. The van der Waals surface area contributed by atoms with Gasteiger partial charge in [-0.1, -0.05) is 281 Å². The van der Waals surface area contributed by atoms with Gasteiger partial charge in [-0.25, -0.2) is 0 Å². The Bertz CT molecular complexity index is 1310. The Balaban J connectivity index is 4.38. The number of hydrogen-bond acceptors (Lipinski definition) is 6. The summed E-state index contributed by atoms with van der Waals surface area (Å²) in [7, 11) is 0. The second-order valence-corrected chi connectivity index (χ2v) is 21.3. The first-order valence-electron chi connectivity index (χ1n) is 31.8. The van der Waals surface area contributed by atoms with Crippen LogP contribution >= 0.6 is 0 Å². The van der Waals surface area contributed by atoms with E-state index < -0.39 is 6.10 Å². The Labute approximate surface area is 453 Å². The van der Waals surface area contributed by atoms with Crippen LogP contribution < -0.4 is 0 Å². The van der Waals surface area contributed by atoms with E-state index in [1.165, 1.54) is 199 Å². The zero-order chi connectivity index (χ0) is 52.9. The molecule has 0 saturated carbocycles. The van der Waals surface area contributed by atoms with Crippen LogP contribution in [0.5, 0.6) is 0 Å². The molecule has 0 aliphatic rings. The largest absolute Gasteiger partial charge is 0.462 e. The van der Waals surface area contributed by atoms with Crippen molar-refractivity contribution in [1.29, 1.82) is 0 Å². The highest BCUT2D eigenvalue weighted by Gasteiger charge is 2.19. The van der Waals surface area contributed by atoms with Crippen LogP contribution in [0, 0.1) is 0 Å². The van der Waals surface area contributed by atoms with Gasteiger partial charge in [0.05, 0.1) is 0 Å². The average molecular weight is 1020 g/mol. The molecule has 0 aliphatic carbocycles. The van der Waals surface area contributed by atoms with E-state index in [4.69, 9.17) is 14.2 Å². The molecule has 0 rings (SSSR count). The fourth-order valence-corrected chi connectivity index (χ4v) is 9.19. The van der Waals surface area contributed by atoms with Gasteiger partial charge in [-0.2, -0.15) is 0 Å². The molecule has 0 spiro atoms. The van der Waals surface area contributed by atoms with Gasteiger partial charge in [0.1, 0.15) is 13.2 Å². The number of allylic oxidation sites excluding steroid dienone is 10. The number of esters is 3. The highest BCUT2D eigenvalue weighted by atomic mass is 16.6. The number of rotatable bonds is 58. The summed E-state index contributed by atoms with van der Waals surface area (Å²) in [5, 5.41) is 0. The number of carbonyl (C=O) groups is 3. The molecule has 0 amide bonds. The summed E-state index contributed by atoms with van der Waals surface area (Å²) in [5.74, 6) is -0.881. The minimum absolute atomic E-state index is 0.0799. The lowest BCUT2D eigenvalue weighted by molar-refractivity contribution is -0.167. The van der Waals surface area contributed by atoms with Gasteiger partial charge in [0.15, 0.2) is 6.10 Å². The van der Waals surface area contributed by atoms with Gasteiger partial charge >= 0.3 is 17.9 Å². The quantitative estimate of drug-likeness (QED) is 0.0261. The molecule has 0 fully saturated rings. The predicted molar refractivity (Wildman–Crippen MR) is 316 cm³/mol. The Morgan fingerprint density at radius 3 is 0.795 bits per heavy atom. The lowest BCUT2D eigenvalue weighted by atomic mass is 10.0. The van der Waals surface area contributed by atoms with E-state index in [1.807, 2.05) is 0 Å². The van der Waals surface area contributed by atoms with E-state index in [0.717, 1.165) is 89.9 Å². The van der Waals surface area contributed by atoms with Crippen molar-refractivity contribution >= 4 is 17.9 Å². The first-order chi connectivity index (χ1) is 36.0. The molecule has 0 bridgehead atoms. The normalized spacial score (nSPS) is 12.4. The Morgan fingerprint density at radius 2 is 0.493 bits per heavy atom. The summed E-state index contributed by atoms with van der Waals surface area (Å²) < 4.78 is 16.9. The smallest absolute Gasteiger partial charge is 0.306 e.